The van der Waals surface area contributed by atoms with Gasteiger partial charge in [0.1, 0.15) is 5.82 Å². The molecule has 2 heterocycles. The van der Waals surface area contributed by atoms with Crippen molar-refractivity contribution in [1.29, 1.82) is 0 Å². The molecule has 25 heavy (non-hydrogen) atoms. The third-order valence-electron chi connectivity index (χ3n) is 4.39. The largest absolute Gasteiger partial charge is 0.420 e. The second-order valence-corrected chi connectivity index (χ2v) is 6.03. The highest BCUT2D eigenvalue weighted by Crippen LogP contribution is 2.30. The first-order valence-electron chi connectivity index (χ1n) is 8.15. The summed E-state index contributed by atoms with van der Waals surface area (Å²) in [5.74, 6) is 0.185. The molecular formula is C19H16FN3O2. The Morgan fingerprint density at radius 3 is 2.64 bits per heavy atom. The number of nitrogens with zero attached hydrogens (tertiary/aromatic N) is 3. The molecule has 1 aliphatic heterocycles. The van der Waals surface area contributed by atoms with Gasteiger partial charge in [0.05, 0.1) is 11.5 Å². The molecule has 2 aromatic carbocycles. The average molecular weight is 337 g/mol. The van der Waals surface area contributed by atoms with Gasteiger partial charge in [-0.25, -0.2) is 4.39 Å². The Bertz CT molecular complexity index is 894. The standard InChI is InChI=1S/C19H16FN3O2/c20-16-9-5-4-8-15(16)18-22-21-17(25-18)14-10-11-23(12-14)19(24)13-6-2-1-3-7-13/h1-9,14H,10-12H2. The molecule has 0 saturated carbocycles. The molecule has 0 spiro atoms. The summed E-state index contributed by atoms with van der Waals surface area (Å²) in [6.07, 6.45) is 0.747. The summed E-state index contributed by atoms with van der Waals surface area (Å²) in [4.78, 5) is 14.3. The van der Waals surface area contributed by atoms with Gasteiger partial charge in [-0.1, -0.05) is 30.3 Å². The van der Waals surface area contributed by atoms with Crippen molar-refractivity contribution >= 4 is 5.91 Å². The van der Waals surface area contributed by atoms with Crippen LogP contribution in [-0.2, 0) is 0 Å². The van der Waals surface area contributed by atoms with Crippen molar-refractivity contribution in [3.8, 4) is 11.5 Å². The average Bonchev–Trinajstić information content (AvgIpc) is 3.32. The summed E-state index contributed by atoms with van der Waals surface area (Å²) in [7, 11) is 0. The molecule has 6 heteroatoms. The number of benzene rings is 2. The quantitative estimate of drug-likeness (QED) is 0.734. The lowest BCUT2D eigenvalue weighted by atomic mass is 10.1. The van der Waals surface area contributed by atoms with E-state index >= 15 is 0 Å². The van der Waals surface area contributed by atoms with Gasteiger partial charge in [-0.2, -0.15) is 0 Å². The van der Waals surface area contributed by atoms with Gasteiger partial charge in [-0.15, -0.1) is 10.2 Å². The van der Waals surface area contributed by atoms with Gasteiger partial charge in [-0.3, -0.25) is 4.79 Å². The Hall–Kier alpha value is -3.02. The van der Waals surface area contributed by atoms with Crippen LogP contribution in [0, 0.1) is 5.82 Å². The number of likely N-dealkylation sites (tertiary alicyclic amines) is 1. The molecule has 1 amide bonds. The van der Waals surface area contributed by atoms with Gasteiger partial charge in [0, 0.05) is 18.7 Å². The summed E-state index contributed by atoms with van der Waals surface area (Å²) in [6.45, 7) is 1.16. The van der Waals surface area contributed by atoms with Crippen molar-refractivity contribution in [3.63, 3.8) is 0 Å². The molecule has 3 aromatic rings. The van der Waals surface area contributed by atoms with E-state index in [2.05, 4.69) is 10.2 Å². The molecule has 0 N–H and O–H groups in total. The molecule has 1 aliphatic rings. The molecule has 4 rings (SSSR count). The molecule has 1 aromatic heterocycles. The zero-order chi connectivity index (χ0) is 17.2. The Morgan fingerprint density at radius 1 is 1.08 bits per heavy atom. The summed E-state index contributed by atoms with van der Waals surface area (Å²) < 4.78 is 19.5. The van der Waals surface area contributed by atoms with Crippen molar-refractivity contribution < 1.29 is 13.6 Å². The van der Waals surface area contributed by atoms with Crippen LogP contribution in [-0.4, -0.2) is 34.1 Å². The number of carbonyl (C=O) groups excluding carboxylic acids is 1. The lowest BCUT2D eigenvalue weighted by molar-refractivity contribution is 0.0790. The van der Waals surface area contributed by atoms with Crippen LogP contribution in [0.3, 0.4) is 0 Å². The SMILES string of the molecule is O=C(c1ccccc1)N1CCC(c2nnc(-c3ccccc3F)o2)C1. The number of hydrogen-bond acceptors (Lipinski definition) is 4. The fraction of sp³-hybridized carbons (Fsp3) is 0.211. The van der Waals surface area contributed by atoms with Crippen LogP contribution in [0.25, 0.3) is 11.5 Å². The smallest absolute Gasteiger partial charge is 0.253 e. The van der Waals surface area contributed by atoms with Gasteiger partial charge in [-0.05, 0) is 30.7 Å². The number of aromatic nitrogens is 2. The fourth-order valence-corrected chi connectivity index (χ4v) is 3.05. The Labute approximate surface area is 144 Å². The van der Waals surface area contributed by atoms with Crippen LogP contribution in [0.4, 0.5) is 4.39 Å². The molecule has 1 fully saturated rings. The van der Waals surface area contributed by atoms with Crippen LogP contribution in [0.15, 0.2) is 59.0 Å². The number of halogens is 1. The van der Waals surface area contributed by atoms with Crippen LogP contribution in [0.5, 0.6) is 0 Å². The van der Waals surface area contributed by atoms with E-state index in [1.807, 2.05) is 18.2 Å². The van der Waals surface area contributed by atoms with E-state index in [-0.39, 0.29) is 23.3 Å². The molecule has 1 unspecified atom stereocenters. The van der Waals surface area contributed by atoms with Gasteiger partial charge in [0.2, 0.25) is 5.89 Å². The van der Waals surface area contributed by atoms with Crippen LogP contribution >= 0.6 is 0 Å². The van der Waals surface area contributed by atoms with Crippen LogP contribution < -0.4 is 0 Å². The maximum Gasteiger partial charge on any atom is 0.253 e. The lowest BCUT2D eigenvalue weighted by Crippen LogP contribution is -2.28. The van der Waals surface area contributed by atoms with E-state index in [0.717, 1.165) is 6.42 Å². The molecule has 126 valence electrons. The van der Waals surface area contributed by atoms with E-state index in [0.29, 0.717) is 24.5 Å². The highest BCUT2D eigenvalue weighted by atomic mass is 19.1. The minimum atomic E-state index is -0.398. The highest BCUT2D eigenvalue weighted by Gasteiger charge is 2.31. The predicted octanol–water partition coefficient (Wildman–Crippen LogP) is 3.51. The zero-order valence-electron chi connectivity index (χ0n) is 13.4. The second kappa shape index (κ2) is 6.47. The molecule has 0 radical (unpaired) electrons. The number of hydrogen-bond donors (Lipinski definition) is 0. The van der Waals surface area contributed by atoms with Gasteiger partial charge in [0.25, 0.3) is 11.8 Å². The van der Waals surface area contributed by atoms with E-state index in [4.69, 9.17) is 4.42 Å². The first kappa shape index (κ1) is 15.5. The fourth-order valence-electron chi connectivity index (χ4n) is 3.05. The first-order chi connectivity index (χ1) is 12.2. The minimum Gasteiger partial charge on any atom is -0.420 e. The lowest BCUT2D eigenvalue weighted by Gasteiger charge is -2.15. The van der Waals surface area contributed by atoms with E-state index in [1.165, 1.54) is 6.07 Å². The summed E-state index contributed by atoms with van der Waals surface area (Å²) in [6, 6.07) is 15.5. The van der Waals surface area contributed by atoms with Gasteiger partial charge in [0.15, 0.2) is 0 Å². The Kier molecular flexibility index (Phi) is 4.01. The van der Waals surface area contributed by atoms with E-state index in [1.54, 1.807) is 35.2 Å². The molecule has 5 nitrogen and oxygen atoms in total. The minimum absolute atomic E-state index is 0.00283. The molecular weight excluding hydrogens is 321 g/mol. The summed E-state index contributed by atoms with van der Waals surface area (Å²) in [5, 5.41) is 8.02. The second-order valence-electron chi connectivity index (χ2n) is 6.03. The topological polar surface area (TPSA) is 59.2 Å². The monoisotopic (exact) mass is 337 g/mol. The van der Waals surface area contributed by atoms with Gasteiger partial charge < -0.3 is 9.32 Å². The Balaban J connectivity index is 1.49. The molecule has 0 aliphatic carbocycles. The van der Waals surface area contributed by atoms with Crippen LogP contribution in [0.1, 0.15) is 28.6 Å². The molecule has 0 bridgehead atoms. The Morgan fingerprint density at radius 2 is 1.84 bits per heavy atom. The van der Waals surface area contributed by atoms with Crippen molar-refractivity contribution in [1.82, 2.24) is 15.1 Å². The van der Waals surface area contributed by atoms with Crippen molar-refractivity contribution in [2.45, 2.75) is 12.3 Å². The van der Waals surface area contributed by atoms with Gasteiger partial charge >= 0.3 is 0 Å². The van der Waals surface area contributed by atoms with Crippen molar-refractivity contribution in [2.24, 2.45) is 0 Å². The third kappa shape index (κ3) is 3.03. The zero-order valence-corrected chi connectivity index (χ0v) is 13.4. The van der Waals surface area contributed by atoms with Crippen molar-refractivity contribution in [2.75, 3.05) is 13.1 Å². The maximum atomic E-state index is 13.8. The number of carbonyl (C=O) groups is 1. The molecule has 1 atom stereocenters. The summed E-state index contributed by atoms with van der Waals surface area (Å²) in [5.41, 5.74) is 0.956. The number of amides is 1. The van der Waals surface area contributed by atoms with E-state index < -0.39 is 5.82 Å². The normalized spacial score (nSPS) is 17.0. The molecule has 1 saturated heterocycles. The third-order valence-corrected chi connectivity index (χ3v) is 4.39. The number of rotatable bonds is 3. The van der Waals surface area contributed by atoms with E-state index in [9.17, 15) is 9.18 Å². The maximum absolute atomic E-state index is 13.8. The highest BCUT2D eigenvalue weighted by molar-refractivity contribution is 5.94. The first-order valence-corrected chi connectivity index (χ1v) is 8.15. The predicted molar refractivity (Wildman–Crippen MR) is 89.4 cm³/mol. The van der Waals surface area contributed by atoms with Crippen molar-refractivity contribution in [3.05, 3.63) is 71.9 Å². The van der Waals surface area contributed by atoms with Crippen LogP contribution in [0.2, 0.25) is 0 Å². The summed E-state index contributed by atoms with van der Waals surface area (Å²) >= 11 is 0.